The molecule has 35 heavy (non-hydrogen) atoms. The predicted molar refractivity (Wildman–Crippen MR) is 139 cm³/mol. The minimum absolute atomic E-state index is 0.00447. The molecule has 0 aliphatic carbocycles. The summed E-state index contributed by atoms with van der Waals surface area (Å²) in [4.78, 5) is 49.9. The van der Waals surface area contributed by atoms with E-state index >= 15 is 0 Å². The maximum atomic E-state index is 13.6. The lowest BCUT2D eigenvalue weighted by atomic mass is 10.1. The quantitative estimate of drug-likeness (QED) is 0.417. The predicted octanol–water partition coefficient (Wildman–Crippen LogP) is 3.93. The van der Waals surface area contributed by atoms with E-state index < -0.39 is 0 Å². The third-order valence-corrected chi connectivity index (χ3v) is 7.70. The average Bonchev–Trinajstić information content (AvgIpc) is 3.14. The van der Waals surface area contributed by atoms with Gasteiger partial charge in [-0.05, 0) is 57.1 Å². The zero-order valence-electron chi connectivity index (χ0n) is 21.0. The van der Waals surface area contributed by atoms with Crippen LogP contribution in [0.2, 0.25) is 0 Å². The van der Waals surface area contributed by atoms with E-state index in [9.17, 15) is 14.4 Å². The molecule has 0 unspecified atom stereocenters. The molecule has 3 aromatic rings. The molecule has 8 nitrogen and oxygen atoms in total. The van der Waals surface area contributed by atoms with Gasteiger partial charge in [-0.3, -0.25) is 23.9 Å². The summed E-state index contributed by atoms with van der Waals surface area (Å²) in [6.45, 7) is 12.6. The summed E-state index contributed by atoms with van der Waals surface area (Å²) in [6.07, 6.45) is 0.790. The number of aryl methyl sites for hydroxylation is 2. The number of ketones is 1. The molecular weight excluding hydrogens is 464 g/mol. The molecular formula is C26H32N4O4S. The van der Waals surface area contributed by atoms with Crippen LogP contribution in [0.4, 0.5) is 5.69 Å². The van der Waals surface area contributed by atoms with Gasteiger partial charge in [-0.1, -0.05) is 20.8 Å². The van der Waals surface area contributed by atoms with Gasteiger partial charge >= 0.3 is 0 Å². The number of thiophene rings is 1. The molecule has 1 aliphatic heterocycles. The molecule has 0 spiro atoms. The first-order chi connectivity index (χ1) is 16.8. The Morgan fingerprint density at radius 1 is 1.17 bits per heavy atom. The van der Waals surface area contributed by atoms with Crippen molar-refractivity contribution in [3.05, 3.63) is 50.4 Å². The molecule has 0 fully saturated rings. The number of Topliss-reactive ketones (excluding diaryl/α,β-unsaturated/α-hetero) is 1. The Morgan fingerprint density at radius 3 is 2.60 bits per heavy atom. The Labute approximate surface area is 209 Å². The van der Waals surface area contributed by atoms with Crippen molar-refractivity contribution in [2.45, 2.75) is 54.1 Å². The number of hydrogen-bond acceptors (Lipinski definition) is 7. The fourth-order valence-corrected chi connectivity index (χ4v) is 5.42. The molecule has 186 valence electrons. The molecule has 1 aromatic carbocycles. The number of amides is 1. The molecule has 0 atom stereocenters. The number of carbonyl (C=O) groups excluding carboxylic acids is 2. The summed E-state index contributed by atoms with van der Waals surface area (Å²) >= 11 is 1.51. The largest absolute Gasteiger partial charge is 0.482 e. The summed E-state index contributed by atoms with van der Waals surface area (Å²) in [5.74, 6) is 0.835. The maximum Gasteiger partial charge on any atom is 0.265 e. The Kier molecular flexibility index (Phi) is 7.37. The van der Waals surface area contributed by atoms with Gasteiger partial charge in [0.15, 0.2) is 12.4 Å². The van der Waals surface area contributed by atoms with Crippen LogP contribution in [0, 0.1) is 13.8 Å². The van der Waals surface area contributed by atoms with Crippen LogP contribution in [-0.4, -0.2) is 52.4 Å². The standard InChI is InChI=1S/C26H32N4O4S/c1-6-11-29-19-12-18(9-10-21(19)34-15-23(29)32)20(31)13-30-22(14-28(7-2)8-3)27-25-24(26(30)33)16(4)17(5)35-25/h9-10,12H,6-8,11,13-15H2,1-5H3. The first-order valence-corrected chi connectivity index (χ1v) is 12.9. The van der Waals surface area contributed by atoms with Crippen molar-refractivity contribution in [3.8, 4) is 5.75 Å². The number of benzene rings is 1. The van der Waals surface area contributed by atoms with Gasteiger partial charge in [-0.15, -0.1) is 11.3 Å². The molecule has 0 saturated carbocycles. The van der Waals surface area contributed by atoms with Crippen molar-refractivity contribution >= 4 is 38.9 Å². The number of fused-ring (bicyclic) bond motifs is 2. The van der Waals surface area contributed by atoms with E-state index in [0.717, 1.165) is 34.8 Å². The second-order valence-corrected chi connectivity index (χ2v) is 9.99. The number of aromatic nitrogens is 2. The smallest absolute Gasteiger partial charge is 0.265 e. The van der Waals surface area contributed by atoms with E-state index in [1.165, 1.54) is 15.9 Å². The lowest BCUT2D eigenvalue weighted by Gasteiger charge is -2.29. The Hall–Kier alpha value is -3.04. The van der Waals surface area contributed by atoms with E-state index in [-0.39, 0.29) is 30.4 Å². The van der Waals surface area contributed by atoms with Crippen molar-refractivity contribution in [1.82, 2.24) is 14.5 Å². The number of hydrogen-bond donors (Lipinski definition) is 0. The Morgan fingerprint density at radius 2 is 1.91 bits per heavy atom. The maximum absolute atomic E-state index is 13.6. The highest BCUT2D eigenvalue weighted by Crippen LogP contribution is 2.33. The molecule has 0 saturated heterocycles. The topological polar surface area (TPSA) is 84.7 Å². The molecule has 1 aliphatic rings. The summed E-state index contributed by atoms with van der Waals surface area (Å²) in [6, 6.07) is 5.12. The van der Waals surface area contributed by atoms with Crippen LogP contribution < -0.4 is 15.2 Å². The molecule has 4 rings (SSSR count). The minimum atomic E-state index is -0.212. The van der Waals surface area contributed by atoms with Crippen molar-refractivity contribution < 1.29 is 14.3 Å². The molecule has 1 amide bonds. The van der Waals surface area contributed by atoms with Crippen LogP contribution in [0.3, 0.4) is 0 Å². The molecule has 9 heteroatoms. The van der Waals surface area contributed by atoms with Gasteiger partial charge in [0, 0.05) is 17.0 Å². The second-order valence-electron chi connectivity index (χ2n) is 8.78. The Balaban J connectivity index is 1.75. The van der Waals surface area contributed by atoms with Crippen LogP contribution in [0.5, 0.6) is 5.75 Å². The van der Waals surface area contributed by atoms with Gasteiger partial charge in [-0.2, -0.15) is 0 Å². The number of nitrogens with zero attached hydrogens (tertiary/aromatic N) is 4. The number of carbonyl (C=O) groups is 2. The van der Waals surface area contributed by atoms with E-state index in [0.29, 0.717) is 41.3 Å². The summed E-state index contributed by atoms with van der Waals surface area (Å²) in [5.41, 5.74) is 1.76. The molecule has 3 heterocycles. The zero-order valence-corrected chi connectivity index (χ0v) is 21.8. The van der Waals surface area contributed by atoms with Crippen LogP contribution in [0.1, 0.15) is 53.8 Å². The highest BCUT2D eigenvalue weighted by molar-refractivity contribution is 7.18. The third-order valence-electron chi connectivity index (χ3n) is 6.60. The first-order valence-electron chi connectivity index (χ1n) is 12.1. The lowest BCUT2D eigenvalue weighted by molar-refractivity contribution is -0.121. The number of ether oxygens (including phenoxy) is 1. The monoisotopic (exact) mass is 496 g/mol. The van der Waals surface area contributed by atoms with Crippen LogP contribution >= 0.6 is 11.3 Å². The van der Waals surface area contributed by atoms with Gasteiger partial charge in [0.05, 0.1) is 24.2 Å². The highest BCUT2D eigenvalue weighted by Gasteiger charge is 2.26. The van der Waals surface area contributed by atoms with Crippen LogP contribution in [0.15, 0.2) is 23.0 Å². The van der Waals surface area contributed by atoms with E-state index in [4.69, 9.17) is 9.72 Å². The summed E-state index contributed by atoms with van der Waals surface area (Å²) in [7, 11) is 0. The average molecular weight is 497 g/mol. The van der Waals surface area contributed by atoms with E-state index in [1.54, 1.807) is 23.1 Å². The van der Waals surface area contributed by atoms with Crippen LogP contribution in [0.25, 0.3) is 10.2 Å². The van der Waals surface area contributed by atoms with E-state index in [1.807, 2.05) is 20.8 Å². The number of anilines is 1. The van der Waals surface area contributed by atoms with Crippen molar-refractivity contribution in [2.24, 2.45) is 0 Å². The normalized spacial score (nSPS) is 13.4. The van der Waals surface area contributed by atoms with Crippen molar-refractivity contribution in [3.63, 3.8) is 0 Å². The summed E-state index contributed by atoms with van der Waals surface area (Å²) in [5, 5.41) is 0.585. The van der Waals surface area contributed by atoms with Gasteiger partial charge in [0.2, 0.25) is 0 Å². The van der Waals surface area contributed by atoms with E-state index in [2.05, 4.69) is 18.7 Å². The fourth-order valence-electron chi connectivity index (χ4n) is 4.38. The highest BCUT2D eigenvalue weighted by atomic mass is 32.1. The lowest BCUT2D eigenvalue weighted by Crippen LogP contribution is -2.39. The fraction of sp³-hybridized carbons (Fsp3) is 0.462. The van der Waals surface area contributed by atoms with Crippen molar-refractivity contribution in [2.75, 3.05) is 31.1 Å². The zero-order chi connectivity index (χ0) is 25.3. The minimum Gasteiger partial charge on any atom is -0.482 e. The van der Waals surface area contributed by atoms with Gasteiger partial charge in [0.25, 0.3) is 11.5 Å². The molecule has 2 aromatic heterocycles. The van der Waals surface area contributed by atoms with Crippen LogP contribution in [-0.2, 0) is 17.9 Å². The number of rotatable bonds is 9. The van der Waals surface area contributed by atoms with Gasteiger partial charge in [0.1, 0.15) is 16.4 Å². The van der Waals surface area contributed by atoms with Crippen molar-refractivity contribution in [1.29, 1.82) is 0 Å². The first kappa shape index (κ1) is 25.1. The van der Waals surface area contributed by atoms with Gasteiger partial charge in [-0.25, -0.2) is 4.98 Å². The Bertz CT molecular complexity index is 1340. The SMILES string of the molecule is CCCN1C(=O)COc2ccc(C(=O)Cn3c(CN(CC)CC)nc4sc(C)c(C)c4c3=O)cc21. The molecule has 0 bridgehead atoms. The second kappa shape index (κ2) is 10.3. The third kappa shape index (κ3) is 4.75. The molecule has 0 radical (unpaired) electrons. The van der Waals surface area contributed by atoms with Gasteiger partial charge < -0.3 is 9.64 Å². The summed E-state index contributed by atoms with van der Waals surface area (Å²) < 4.78 is 7.08. The molecule has 0 N–H and O–H groups in total.